The van der Waals surface area contributed by atoms with Crippen molar-refractivity contribution in [1.29, 1.82) is 0 Å². The van der Waals surface area contributed by atoms with Crippen molar-refractivity contribution in [3.63, 3.8) is 0 Å². The van der Waals surface area contributed by atoms with E-state index in [0.717, 1.165) is 10.8 Å². The first-order chi connectivity index (χ1) is 7.59. The SMILES string of the molecule is COP(=S)(OC)SSCc1ccc(Cl)cc1. The molecule has 2 nitrogen and oxygen atoms in total. The molecule has 1 rings (SSSR count). The van der Waals surface area contributed by atoms with E-state index in [9.17, 15) is 0 Å². The molecule has 90 valence electrons. The Morgan fingerprint density at radius 3 is 2.31 bits per heavy atom. The van der Waals surface area contributed by atoms with Crippen LogP contribution in [0.1, 0.15) is 5.56 Å². The van der Waals surface area contributed by atoms with Crippen LogP contribution in [-0.2, 0) is 26.6 Å². The van der Waals surface area contributed by atoms with Crippen molar-refractivity contribution >= 4 is 50.3 Å². The lowest BCUT2D eigenvalue weighted by Crippen LogP contribution is -1.81. The number of halogens is 1. The lowest BCUT2D eigenvalue weighted by Gasteiger charge is -2.15. The van der Waals surface area contributed by atoms with Gasteiger partial charge in [-0.05, 0) is 39.9 Å². The second kappa shape index (κ2) is 7.27. The van der Waals surface area contributed by atoms with Gasteiger partial charge in [-0.1, -0.05) is 34.5 Å². The average Bonchev–Trinajstić information content (AvgIpc) is 2.31. The Bertz CT molecular complexity index is 364. The van der Waals surface area contributed by atoms with Gasteiger partial charge in [0.1, 0.15) is 0 Å². The van der Waals surface area contributed by atoms with Crippen molar-refractivity contribution in [2.45, 2.75) is 5.75 Å². The third-order valence-corrected chi connectivity index (χ3v) is 10.9. The second-order valence-electron chi connectivity index (χ2n) is 2.78. The first kappa shape index (κ1) is 14.8. The fraction of sp³-hybridized carbons (Fsp3) is 0.333. The number of benzene rings is 1. The molecule has 0 amide bonds. The molecule has 1 aromatic rings. The van der Waals surface area contributed by atoms with Crippen LogP contribution < -0.4 is 0 Å². The van der Waals surface area contributed by atoms with E-state index in [2.05, 4.69) is 0 Å². The lowest BCUT2D eigenvalue weighted by molar-refractivity contribution is 0.354. The highest BCUT2D eigenvalue weighted by Gasteiger charge is 2.16. The Labute approximate surface area is 114 Å². The molecule has 0 fully saturated rings. The lowest BCUT2D eigenvalue weighted by atomic mass is 10.2. The van der Waals surface area contributed by atoms with Gasteiger partial charge in [-0.3, -0.25) is 0 Å². The minimum Gasteiger partial charge on any atom is -0.324 e. The zero-order valence-electron chi connectivity index (χ0n) is 8.88. The molecule has 0 heterocycles. The smallest absolute Gasteiger partial charge is 0.257 e. The zero-order valence-corrected chi connectivity index (χ0v) is 13.0. The highest BCUT2D eigenvalue weighted by Crippen LogP contribution is 2.65. The zero-order chi connectivity index (χ0) is 12.0. The summed E-state index contributed by atoms with van der Waals surface area (Å²) >= 11 is 11.0. The Morgan fingerprint density at radius 1 is 1.25 bits per heavy atom. The number of hydrogen-bond acceptors (Lipinski definition) is 5. The van der Waals surface area contributed by atoms with E-state index in [1.165, 1.54) is 16.0 Å². The minimum absolute atomic E-state index is 0.750. The van der Waals surface area contributed by atoms with Crippen LogP contribution in [0.15, 0.2) is 24.3 Å². The summed E-state index contributed by atoms with van der Waals surface area (Å²) in [4.78, 5) is 0. The standard InChI is InChI=1S/C9H12ClO2PS3/c1-11-13(14,12-2)16-15-7-8-3-5-9(10)6-4-8/h3-6H,7H2,1-2H3. The van der Waals surface area contributed by atoms with Crippen LogP contribution in [0.3, 0.4) is 0 Å². The van der Waals surface area contributed by atoms with Crippen molar-refractivity contribution in [2.75, 3.05) is 14.2 Å². The van der Waals surface area contributed by atoms with Crippen LogP contribution in [0.5, 0.6) is 0 Å². The molecule has 0 unspecified atom stereocenters. The second-order valence-corrected chi connectivity index (χ2v) is 11.6. The predicted octanol–water partition coefficient (Wildman–Crippen LogP) is 4.74. The van der Waals surface area contributed by atoms with E-state index in [0.29, 0.717) is 0 Å². The van der Waals surface area contributed by atoms with Gasteiger partial charge in [0.05, 0.1) is 0 Å². The molecule has 1 aromatic carbocycles. The molecule has 0 saturated heterocycles. The summed E-state index contributed by atoms with van der Waals surface area (Å²) in [5, 5.41) is 0.750. The highest BCUT2D eigenvalue weighted by molar-refractivity contribution is 9.02. The van der Waals surface area contributed by atoms with Crippen LogP contribution >= 0.6 is 38.5 Å². The summed E-state index contributed by atoms with van der Waals surface area (Å²) in [7, 11) is 6.29. The maximum Gasteiger partial charge on any atom is 0.257 e. The molecule has 0 N–H and O–H groups in total. The first-order valence-electron chi connectivity index (χ1n) is 4.37. The number of rotatable bonds is 6. The van der Waals surface area contributed by atoms with Crippen molar-refractivity contribution in [3.05, 3.63) is 34.9 Å². The van der Waals surface area contributed by atoms with E-state index in [4.69, 9.17) is 32.5 Å². The van der Waals surface area contributed by atoms with Crippen LogP contribution in [0.4, 0.5) is 0 Å². The molecule has 0 radical (unpaired) electrons. The predicted molar refractivity (Wildman–Crippen MR) is 78.6 cm³/mol. The van der Waals surface area contributed by atoms with E-state index >= 15 is 0 Å². The van der Waals surface area contributed by atoms with Gasteiger partial charge in [0, 0.05) is 25.0 Å². The van der Waals surface area contributed by atoms with E-state index in [1.807, 2.05) is 24.3 Å². The maximum atomic E-state index is 5.80. The van der Waals surface area contributed by atoms with Crippen molar-refractivity contribution in [3.8, 4) is 0 Å². The molecule has 0 aliphatic carbocycles. The monoisotopic (exact) mass is 314 g/mol. The Morgan fingerprint density at radius 2 is 1.81 bits per heavy atom. The van der Waals surface area contributed by atoms with Gasteiger partial charge in [0.25, 0.3) is 5.69 Å². The van der Waals surface area contributed by atoms with Crippen molar-refractivity contribution in [2.24, 2.45) is 0 Å². The highest BCUT2D eigenvalue weighted by atomic mass is 35.5. The van der Waals surface area contributed by atoms with Gasteiger partial charge in [-0.15, -0.1) is 0 Å². The molecule has 0 saturated carbocycles. The van der Waals surface area contributed by atoms with Gasteiger partial charge >= 0.3 is 0 Å². The third kappa shape index (κ3) is 4.96. The summed E-state index contributed by atoms with van der Waals surface area (Å²) in [6.45, 7) is 0. The summed E-state index contributed by atoms with van der Waals surface area (Å²) in [5.74, 6) is 0.854. The Kier molecular flexibility index (Phi) is 6.74. The Hall–Kier alpha value is 0.780. The molecule has 0 aromatic heterocycles. The molecular formula is C9H12ClO2PS3. The van der Waals surface area contributed by atoms with Crippen LogP contribution in [0, 0.1) is 0 Å². The molecule has 16 heavy (non-hydrogen) atoms. The summed E-state index contributed by atoms with van der Waals surface area (Å²) < 4.78 is 10.3. The molecular weight excluding hydrogens is 303 g/mol. The van der Waals surface area contributed by atoms with Gasteiger partial charge in [-0.2, -0.15) is 0 Å². The van der Waals surface area contributed by atoms with E-state index in [-0.39, 0.29) is 0 Å². The van der Waals surface area contributed by atoms with Gasteiger partial charge in [-0.25, -0.2) is 0 Å². The Balaban J connectivity index is 2.41. The molecule has 0 bridgehead atoms. The van der Waals surface area contributed by atoms with E-state index in [1.54, 1.807) is 25.0 Å². The van der Waals surface area contributed by atoms with Gasteiger partial charge < -0.3 is 9.05 Å². The van der Waals surface area contributed by atoms with E-state index < -0.39 is 5.69 Å². The van der Waals surface area contributed by atoms with Gasteiger partial charge in [0.15, 0.2) is 0 Å². The van der Waals surface area contributed by atoms with Crippen LogP contribution in [0.25, 0.3) is 0 Å². The fourth-order valence-electron chi connectivity index (χ4n) is 0.875. The minimum atomic E-state index is -2.14. The third-order valence-electron chi connectivity index (χ3n) is 1.73. The maximum absolute atomic E-state index is 5.80. The van der Waals surface area contributed by atoms with Crippen molar-refractivity contribution in [1.82, 2.24) is 0 Å². The molecule has 0 aliphatic heterocycles. The first-order valence-corrected chi connectivity index (χ1v) is 10.3. The summed E-state index contributed by atoms with van der Waals surface area (Å²) in [6.07, 6.45) is 0. The molecule has 0 spiro atoms. The summed E-state index contributed by atoms with van der Waals surface area (Å²) in [5.41, 5.74) is -0.936. The molecule has 0 aliphatic rings. The normalized spacial score (nSPS) is 11.7. The fourth-order valence-corrected chi connectivity index (χ4v) is 6.99. The molecule has 0 atom stereocenters. The number of hydrogen-bond donors (Lipinski definition) is 0. The summed E-state index contributed by atoms with van der Waals surface area (Å²) in [6, 6.07) is 7.76. The van der Waals surface area contributed by atoms with Gasteiger partial charge in [0.2, 0.25) is 0 Å². The topological polar surface area (TPSA) is 18.5 Å². The van der Waals surface area contributed by atoms with Crippen molar-refractivity contribution < 1.29 is 9.05 Å². The van der Waals surface area contributed by atoms with Crippen LogP contribution in [-0.4, -0.2) is 14.2 Å². The van der Waals surface area contributed by atoms with Crippen LogP contribution in [0.2, 0.25) is 5.02 Å². The largest absolute Gasteiger partial charge is 0.324 e. The average molecular weight is 315 g/mol. The quantitative estimate of drug-likeness (QED) is 0.556. The molecule has 7 heteroatoms.